The van der Waals surface area contributed by atoms with E-state index in [-0.39, 0.29) is 30.6 Å². The van der Waals surface area contributed by atoms with Crippen LogP contribution < -0.4 is 10.6 Å². The van der Waals surface area contributed by atoms with E-state index in [9.17, 15) is 31.9 Å². The Hall–Kier alpha value is -4.18. The standard InChI is InChI=1S/C25H19F4N3O3/c26-19-13-17(12-18(14-19)25(27,28)29)24(8-9-24)7-3-6-21(33)20-5-2-1-4-16(20)15-32-23(35)22(34)31-11-10-30/h1-2,4-5,12-14H,7-9,11,15H2,(H,31,34)(H,32,35). The van der Waals surface area contributed by atoms with Crippen LogP contribution in [0.5, 0.6) is 0 Å². The molecule has 2 N–H and O–H groups in total. The zero-order valence-electron chi connectivity index (χ0n) is 18.3. The number of hydrogen-bond acceptors (Lipinski definition) is 4. The number of Topliss-reactive ketones (excluding diaryl/α,β-unsaturated/α-hetero) is 1. The third-order valence-electron chi connectivity index (χ3n) is 5.56. The second kappa shape index (κ2) is 10.4. The Labute approximate surface area is 198 Å². The summed E-state index contributed by atoms with van der Waals surface area (Å²) in [4.78, 5) is 36.0. The summed E-state index contributed by atoms with van der Waals surface area (Å²) in [6.07, 6.45) is -3.55. The molecular formula is C25H19F4N3O3. The number of carbonyl (C=O) groups is 3. The van der Waals surface area contributed by atoms with Crippen molar-refractivity contribution in [2.45, 2.75) is 37.4 Å². The molecule has 0 aliphatic heterocycles. The van der Waals surface area contributed by atoms with Crippen LogP contribution in [0.1, 0.15) is 46.3 Å². The number of nitrogens with one attached hydrogen (secondary N) is 2. The smallest absolute Gasteiger partial charge is 0.344 e. The van der Waals surface area contributed by atoms with Crippen LogP contribution in [0, 0.1) is 29.0 Å². The van der Waals surface area contributed by atoms with Crippen LogP contribution in [0.3, 0.4) is 0 Å². The predicted octanol–water partition coefficient (Wildman–Crippen LogP) is 3.41. The molecule has 10 heteroatoms. The molecule has 0 aromatic heterocycles. The second-order valence-corrected chi connectivity index (χ2v) is 7.99. The maximum Gasteiger partial charge on any atom is 0.416 e. The van der Waals surface area contributed by atoms with Crippen LogP contribution in [0.25, 0.3) is 0 Å². The van der Waals surface area contributed by atoms with Crippen molar-refractivity contribution in [3.05, 3.63) is 70.5 Å². The van der Waals surface area contributed by atoms with E-state index in [1.54, 1.807) is 24.3 Å². The molecule has 0 atom stereocenters. The lowest BCUT2D eigenvalue weighted by Crippen LogP contribution is -2.39. The number of alkyl halides is 3. The Morgan fingerprint density at radius 2 is 1.71 bits per heavy atom. The van der Waals surface area contributed by atoms with E-state index < -0.39 is 40.6 Å². The fraction of sp³-hybridized carbons (Fsp3) is 0.280. The van der Waals surface area contributed by atoms with Crippen LogP contribution in [0.4, 0.5) is 17.6 Å². The average molecular weight is 485 g/mol. The lowest BCUT2D eigenvalue weighted by molar-refractivity contribution is -0.139. The SMILES string of the molecule is N#CCNC(=O)C(=O)NCc1ccccc1C(=O)C#CCC1(c2cc(F)cc(C(F)(F)F)c2)CC1. The first-order valence-corrected chi connectivity index (χ1v) is 10.5. The number of amides is 2. The predicted molar refractivity (Wildman–Crippen MR) is 116 cm³/mol. The molecule has 2 aromatic rings. The summed E-state index contributed by atoms with van der Waals surface area (Å²) < 4.78 is 53.0. The van der Waals surface area contributed by atoms with Crippen LogP contribution >= 0.6 is 0 Å². The van der Waals surface area contributed by atoms with Gasteiger partial charge in [0.1, 0.15) is 12.4 Å². The summed E-state index contributed by atoms with van der Waals surface area (Å²) in [5, 5.41) is 12.9. The van der Waals surface area contributed by atoms with Gasteiger partial charge < -0.3 is 10.6 Å². The fourth-order valence-electron chi connectivity index (χ4n) is 3.49. The molecule has 2 amide bonds. The largest absolute Gasteiger partial charge is 0.416 e. The summed E-state index contributed by atoms with van der Waals surface area (Å²) in [6.45, 7) is -0.471. The van der Waals surface area contributed by atoms with Crippen LogP contribution in [-0.2, 0) is 27.7 Å². The zero-order valence-corrected chi connectivity index (χ0v) is 18.3. The summed E-state index contributed by atoms with van der Waals surface area (Å²) in [6, 6.07) is 10.4. The van der Waals surface area contributed by atoms with E-state index in [1.165, 1.54) is 6.07 Å². The summed E-state index contributed by atoms with van der Waals surface area (Å²) in [5.41, 5.74) is -1.02. The second-order valence-electron chi connectivity index (χ2n) is 7.99. The quantitative estimate of drug-likeness (QED) is 0.164. The molecule has 1 fully saturated rings. The number of halogens is 4. The van der Waals surface area contributed by atoms with Crippen LogP contribution in [0.15, 0.2) is 42.5 Å². The molecule has 3 rings (SSSR count). The van der Waals surface area contributed by atoms with Gasteiger partial charge in [0.2, 0.25) is 5.78 Å². The molecule has 0 radical (unpaired) electrons. The monoisotopic (exact) mass is 485 g/mol. The maximum absolute atomic E-state index is 13.8. The van der Waals surface area contributed by atoms with Crippen molar-refractivity contribution in [3.63, 3.8) is 0 Å². The van der Waals surface area contributed by atoms with Crippen molar-refractivity contribution in [2.24, 2.45) is 0 Å². The van der Waals surface area contributed by atoms with Gasteiger partial charge in [-0.15, -0.1) is 0 Å². The topological polar surface area (TPSA) is 99.1 Å². The van der Waals surface area contributed by atoms with Gasteiger partial charge in [0, 0.05) is 23.9 Å². The molecule has 0 heterocycles. The summed E-state index contributed by atoms with van der Waals surface area (Å²) >= 11 is 0. The lowest BCUT2D eigenvalue weighted by Gasteiger charge is -2.15. The molecule has 6 nitrogen and oxygen atoms in total. The molecule has 2 aromatic carbocycles. The van der Waals surface area contributed by atoms with E-state index in [0.29, 0.717) is 24.5 Å². The average Bonchev–Trinajstić information content (AvgIpc) is 3.61. The van der Waals surface area contributed by atoms with Gasteiger partial charge in [-0.05, 0) is 48.1 Å². The molecule has 0 spiro atoms. The minimum atomic E-state index is -4.68. The van der Waals surface area contributed by atoms with Crippen molar-refractivity contribution in [1.29, 1.82) is 5.26 Å². The van der Waals surface area contributed by atoms with Gasteiger partial charge in [-0.3, -0.25) is 14.4 Å². The van der Waals surface area contributed by atoms with Gasteiger partial charge in [0.15, 0.2) is 0 Å². The lowest BCUT2D eigenvalue weighted by atomic mass is 9.91. The highest BCUT2D eigenvalue weighted by atomic mass is 19.4. The van der Waals surface area contributed by atoms with Gasteiger partial charge in [0.05, 0.1) is 11.6 Å². The minimum absolute atomic E-state index is 0.0808. The molecular weight excluding hydrogens is 466 g/mol. The third kappa shape index (κ3) is 6.45. The van der Waals surface area contributed by atoms with E-state index in [1.807, 2.05) is 0 Å². The number of rotatable bonds is 6. The number of nitrogens with zero attached hydrogens (tertiary/aromatic N) is 1. The normalized spacial score (nSPS) is 13.6. The molecule has 1 aliphatic rings. The zero-order chi connectivity index (χ0) is 25.6. The Morgan fingerprint density at radius 1 is 1.03 bits per heavy atom. The van der Waals surface area contributed by atoms with E-state index in [4.69, 9.17) is 5.26 Å². The highest BCUT2D eigenvalue weighted by Crippen LogP contribution is 2.51. The minimum Gasteiger partial charge on any atom is -0.344 e. The fourth-order valence-corrected chi connectivity index (χ4v) is 3.49. The number of hydrogen-bond donors (Lipinski definition) is 2. The molecule has 0 saturated heterocycles. The Morgan fingerprint density at radius 3 is 2.37 bits per heavy atom. The van der Waals surface area contributed by atoms with Gasteiger partial charge >= 0.3 is 18.0 Å². The summed E-state index contributed by atoms with van der Waals surface area (Å²) in [5.74, 6) is 1.66. The van der Waals surface area contributed by atoms with Gasteiger partial charge in [-0.1, -0.05) is 30.2 Å². The van der Waals surface area contributed by atoms with E-state index in [0.717, 1.165) is 12.1 Å². The van der Waals surface area contributed by atoms with Crippen molar-refractivity contribution in [3.8, 4) is 17.9 Å². The first-order valence-electron chi connectivity index (χ1n) is 10.5. The highest BCUT2D eigenvalue weighted by molar-refractivity contribution is 6.35. The molecule has 35 heavy (non-hydrogen) atoms. The number of nitriles is 1. The number of carbonyl (C=O) groups excluding carboxylic acids is 3. The van der Waals surface area contributed by atoms with Crippen LogP contribution in [0.2, 0.25) is 0 Å². The van der Waals surface area contributed by atoms with E-state index >= 15 is 0 Å². The van der Waals surface area contributed by atoms with Crippen LogP contribution in [-0.4, -0.2) is 24.1 Å². The third-order valence-corrected chi connectivity index (χ3v) is 5.56. The Kier molecular flexibility index (Phi) is 7.55. The summed E-state index contributed by atoms with van der Waals surface area (Å²) in [7, 11) is 0. The Bertz CT molecular complexity index is 1270. The number of ketones is 1. The Balaban J connectivity index is 1.70. The molecule has 180 valence electrons. The molecule has 1 aliphatic carbocycles. The first kappa shape index (κ1) is 25.4. The van der Waals surface area contributed by atoms with Gasteiger partial charge in [-0.25, -0.2) is 4.39 Å². The maximum atomic E-state index is 13.8. The van der Waals surface area contributed by atoms with Gasteiger partial charge in [0.25, 0.3) is 0 Å². The van der Waals surface area contributed by atoms with E-state index in [2.05, 4.69) is 22.5 Å². The van der Waals surface area contributed by atoms with Crippen molar-refractivity contribution >= 4 is 17.6 Å². The van der Waals surface area contributed by atoms with Crippen molar-refractivity contribution < 1.29 is 31.9 Å². The molecule has 0 unspecified atom stereocenters. The van der Waals surface area contributed by atoms with Crippen molar-refractivity contribution in [2.75, 3.05) is 6.54 Å². The van der Waals surface area contributed by atoms with Gasteiger partial charge in [-0.2, -0.15) is 18.4 Å². The molecule has 1 saturated carbocycles. The molecule has 0 bridgehead atoms. The first-order chi connectivity index (χ1) is 16.6. The van der Waals surface area contributed by atoms with Crippen molar-refractivity contribution in [1.82, 2.24) is 10.6 Å². The highest BCUT2D eigenvalue weighted by Gasteiger charge is 2.45. The number of benzene rings is 2.